The van der Waals surface area contributed by atoms with Crippen molar-refractivity contribution < 1.29 is 33.5 Å². The predicted octanol–water partition coefficient (Wildman–Crippen LogP) is 3.30. The first-order valence-corrected chi connectivity index (χ1v) is 9.93. The number of nitrogens with two attached hydrogens (primary N) is 1. The van der Waals surface area contributed by atoms with Crippen LogP contribution in [0.4, 0.5) is 15.3 Å². The number of rotatable bonds is 5. The zero-order valence-electron chi connectivity index (χ0n) is 19.8. The summed E-state index contributed by atoms with van der Waals surface area (Å²) in [7, 11) is 1.16. The van der Waals surface area contributed by atoms with Crippen LogP contribution in [0.2, 0.25) is 0 Å². The number of carbonyl (C=O) groups excluding carboxylic acids is 3. The molecule has 0 saturated carbocycles. The van der Waals surface area contributed by atoms with E-state index in [0.717, 1.165) is 12.0 Å². The maximum Gasteiger partial charge on any atom is 0.437 e. The number of benzene rings is 1. The molecule has 182 valence electrons. The Hall–Kier alpha value is -3.70. The summed E-state index contributed by atoms with van der Waals surface area (Å²) in [5, 5.41) is 11.3. The molecular formula is C21H30N4O8. The van der Waals surface area contributed by atoms with E-state index < -0.39 is 40.2 Å². The Morgan fingerprint density at radius 2 is 1.67 bits per heavy atom. The Morgan fingerprint density at radius 1 is 1.09 bits per heavy atom. The summed E-state index contributed by atoms with van der Waals surface area (Å²) in [6.07, 6.45) is -2.27. The maximum absolute atomic E-state index is 12.8. The van der Waals surface area contributed by atoms with Crippen LogP contribution < -0.4 is 5.73 Å². The fourth-order valence-corrected chi connectivity index (χ4v) is 2.46. The van der Waals surface area contributed by atoms with E-state index in [1.807, 2.05) is 0 Å². The molecule has 0 radical (unpaired) electrons. The molecule has 1 aromatic carbocycles. The first-order chi connectivity index (χ1) is 15.0. The van der Waals surface area contributed by atoms with Gasteiger partial charge in [-0.05, 0) is 53.2 Å². The molecule has 12 nitrogen and oxygen atoms in total. The second-order valence-electron chi connectivity index (χ2n) is 8.99. The highest BCUT2D eigenvalue weighted by Gasteiger charge is 2.27. The zero-order valence-corrected chi connectivity index (χ0v) is 19.8. The lowest BCUT2D eigenvalue weighted by Gasteiger charge is -2.27. The fraction of sp³-hybridized carbons (Fsp3) is 0.524. The number of ether oxygens (including phenoxy) is 3. The highest BCUT2D eigenvalue weighted by molar-refractivity contribution is 5.98. The van der Waals surface area contributed by atoms with Gasteiger partial charge in [-0.1, -0.05) is 6.07 Å². The third-order valence-electron chi connectivity index (χ3n) is 3.73. The van der Waals surface area contributed by atoms with Crippen molar-refractivity contribution in [1.29, 1.82) is 0 Å². The maximum atomic E-state index is 12.8. The average Bonchev–Trinajstić information content (AvgIpc) is 2.62. The first-order valence-electron chi connectivity index (χ1n) is 9.93. The molecule has 0 atom stereocenters. The van der Waals surface area contributed by atoms with Gasteiger partial charge in [0.05, 0.1) is 25.0 Å². The molecular weight excluding hydrogens is 436 g/mol. The number of carbonyl (C=O) groups is 3. The van der Waals surface area contributed by atoms with E-state index in [0.29, 0.717) is 5.56 Å². The Morgan fingerprint density at radius 3 is 2.15 bits per heavy atom. The number of aliphatic imine (C=N–C) groups is 1. The standard InChI is InChI=1S/C21H30N4O8/c1-20(2,3)32-18(27)23-17(22)24(19(28)33-21(4,5)6)12-13-8-9-15(25(29)30)14(10-13)11-16(26)31-7/h8-10H,11-12H2,1-7H3,(H2,22,23,27). The summed E-state index contributed by atoms with van der Waals surface area (Å²) in [6.45, 7) is 9.60. The number of hydrogen-bond donors (Lipinski definition) is 1. The highest BCUT2D eigenvalue weighted by atomic mass is 16.6. The van der Waals surface area contributed by atoms with E-state index in [1.165, 1.54) is 18.2 Å². The van der Waals surface area contributed by atoms with E-state index in [1.54, 1.807) is 41.5 Å². The molecule has 0 aliphatic carbocycles. The molecule has 0 aromatic heterocycles. The molecule has 33 heavy (non-hydrogen) atoms. The van der Waals surface area contributed by atoms with Gasteiger partial charge in [0, 0.05) is 11.6 Å². The highest BCUT2D eigenvalue weighted by Crippen LogP contribution is 2.23. The molecule has 12 heteroatoms. The van der Waals surface area contributed by atoms with Crippen molar-refractivity contribution in [1.82, 2.24) is 4.90 Å². The summed E-state index contributed by atoms with van der Waals surface area (Å²) in [4.78, 5) is 51.7. The van der Waals surface area contributed by atoms with Crippen molar-refractivity contribution in [2.24, 2.45) is 10.7 Å². The molecule has 0 aliphatic heterocycles. The van der Waals surface area contributed by atoms with Crippen LogP contribution in [0.25, 0.3) is 0 Å². The van der Waals surface area contributed by atoms with Gasteiger partial charge in [0.2, 0.25) is 5.96 Å². The molecule has 0 bridgehead atoms. The van der Waals surface area contributed by atoms with E-state index in [2.05, 4.69) is 9.73 Å². The van der Waals surface area contributed by atoms with Crippen LogP contribution in [-0.2, 0) is 32.0 Å². The second kappa shape index (κ2) is 10.7. The summed E-state index contributed by atoms with van der Waals surface area (Å²) in [6, 6.07) is 3.95. The van der Waals surface area contributed by atoms with Crippen molar-refractivity contribution >= 4 is 29.8 Å². The number of nitrogens with zero attached hydrogens (tertiary/aromatic N) is 3. The molecule has 1 aromatic rings. The van der Waals surface area contributed by atoms with E-state index in [9.17, 15) is 24.5 Å². The number of guanidine groups is 1. The fourth-order valence-electron chi connectivity index (χ4n) is 2.46. The number of amides is 2. The minimum atomic E-state index is -1.01. The van der Waals surface area contributed by atoms with E-state index in [-0.39, 0.29) is 24.2 Å². The van der Waals surface area contributed by atoms with E-state index in [4.69, 9.17) is 15.2 Å². The quantitative estimate of drug-likeness (QED) is 0.171. The smallest absolute Gasteiger partial charge is 0.437 e. The summed E-state index contributed by atoms with van der Waals surface area (Å²) < 4.78 is 15.0. The van der Waals surface area contributed by atoms with Crippen LogP contribution in [0.1, 0.15) is 52.7 Å². The molecule has 0 unspecified atom stereocenters. The molecule has 0 spiro atoms. The van der Waals surface area contributed by atoms with Gasteiger partial charge < -0.3 is 19.9 Å². The normalized spacial score (nSPS) is 12.0. The number of nitro benzene ring substituents is 1. The molecule has 2 amide bonds. The van der Waals surface area contributed by atoms with Gasteiger partial charge in [-0.15, -0.1) is 4.99 Å². The number of methoxy groups -OCH3 is 1. The summed E-state index contributed by atoms with van der Waals surface area (Å²) in [5.41, 5.74) is 4.36. The Kier molecular flexibility index (Phi) is 8.90. The van der Waals surface area contributed by atoms with Crippen molar-refractivity contribution in [2.45, 2.75) is 65.7 Å². The molecule has 0 fully saturated rings. The van der Waals surface area contributed by atoms with Gasteiger partial charge in [0.15, 0.2) is 0 Å². The van der Waals surface area contributed by atoms with Crippen LogP contribution in [0.3, 0.4) is 0 Å². The molecule has 0 heterocycles. The van der Waals surface area contributed by atoms with Gasteiger partial charge in [0.25, 0.3) is 5.69 Å². The predicted molar refractivity (Wildman–Crippen MR) is 118 cm³/mol. The van der Waals surface area contributed by atoms with Crippen molar-refractivity contribution in [3.8, 4) is 0 Å². The summed E-state index contributed by atoms with van der Waals surface area (Å²) in [5.74, 6) is -1.17. The number of hydrogen-bond acceptors (Lipinski definition) is 8. The lowest BCUT2D eigenvalue weighted by molar-refractivity contribution is -0.385. The van der Waals surface area contributed by atoms with Crippen LogP contribution in [-0.4, -0.2) is 52.3 Å². The Labute approximate surface area is 191 Å². The Balaban J connectivity index is 3.36. The largest absolute Gasteiger partial charge is 0.469 e. The first kappa shape index (κ1) is 27.3. The minimum absolute atomic E-state index is 0.0798. The average molecular weight is 466 g/mol. The molecule has 2 N–H and O–H groups in total. The topological polar surface area (TPSA) is 164 Å². The van der Waals surface area contributed by atoms with Crippen LogP contribution in [0.5, 0.6) is 0 Å². The monoisotopic (exact) mass is 466 g/mol. The van der Waals surface area contributed by atoms with Gasteiger partial charge in [-0.3, -0.25) is 14.9 Å². The third-order valence-corrected chi connectivity index (χ3v) is 3.73. The zero-order chi connectivity index (χ0) is 25.6. The number of nitro groups is 1. The third kappa shape index (κ3) is 9.54. The second-order valence-corrected chi connectivity index (χ2v) is 8.99. The van der Waals surface area contributed by atoms with Crippen molar-refractivity contribution in [3.63, 3.8) is 0 Å². The van der Waals surface area contributed by atoms with Crippen molar-refractivity contribution in [3.05, 3.63) is 39.4 Å². The molecule has 0 aliphatic rings. The van der Waals surface area contributed by atoms with Gasteiger partial charge in [-0.25, -0.2) is 14.5 Å². The Bertz CT molecular complexity index is 945. The summed E-state index contributed by atoms with van der Waals surface area (Å²) >= 11 is 0. The van der Waals surface area contributed by atoms with Gasteiger partial charge in [-0.2, -0.15) is 0 Å². The SMILES string of the molecule is COC(=O)Cc1cc(CN(C(=O)OC(C)(C)C)C(N)=NC(=O)OC(C)(C)C)ccc1[N+](=O)[O-]. The van der Waals surface area contributed by atoms with Gasteiger partial charge in [0.1, 0.15) is 11.2 Å². The van der Waals surface area contributed by atoms with E-state index >= 15 is 0 Å². The van der Waals surface area contributed by atoms with Crippen LogP contribution in [0, 0.1) is 10.1 Å². The van der Waals surface area contributed by atoms with Crippen LogP contribution in [0.15, 0.2) is 23.2 Å². The lowest BCUT2D eigenvalue weighted by atomic mass is 10.1. The molecule has 0 saturated heterocycles. The lowest BCUT2D eigenvalue weighted by Crippen LogP contribution is -2.44. The van der Waals surface area contributed by atoms with Crippen LogP contribution >= 0.6 is 0 Å². The molecule has 1 rings (SSSR count). The minimum Gasteiger partial charge on any atom is -0.469 e. The number of esters is 1. The van der Waals surface area contributed by atoms with Gasteiger partial charge >= 0.3 is 18.2 Å². The van der Waals surface area contributed by atoms with Crippen molar-refractivity contribution in [2.75, 3.05) is 7.11 Å².